The Bertz CT molecular complexity index is 354. The molecule has 1 aromatic heterocycles. The average Bonchev–Trinajstić information content (AvgIpc) is 2.78. The van der Waals surface area contributed by atoms with E-state index in [2.05, 4.69) is 20.4 Å². The molecule has 0 aromatic carbocycles. The SMILES string of the molecule is [2H]CC([2H])c1noc(C2CN=CNC2)n1. The molecule has 0 saturated carbocycles. The fraction of sp³-hybridized carbons (Fsp3) is 0.625. The standard InChI is InChI=1S/C8H12N4O/c1-2-7-11-8(13-12-7)6-3-9-5-10-4-6/h5-6H,2-4H2,1H3,(H,9,10)/i1D,2D. The molecule has 0 bridgehead atoms. The van der Waals surface area contributed by atoms with Gasteiger partial charge < -0.3 is 9.84 Å². The minimum atomic E-state index is -0.720. The Morgan fingerprint density at radius 3 is 3.69 bits per heavy atom. The van der Waals surface area contributed by atoms with Gasteiger partial charge in [-0.3, -0.25) is 4.99 Å². The summed E-state index contributed by atoms with van der Waals surface area (Å²) in [4.78, 5) is 8.17. The van der Waals surface area contributed by atoms with Crippen molar-refractivity contribution in [3.05, 3.63) is 11.7 Å². The molecule has 0 aliphatic carbocycles. The van der Waals surface area contributed by atoms with Gasteiger partial charge >= 0.3 is 0 Å². The van der Waals surface area contributed by atoms with Crippen molar-refractivity contribution in [2.75, 3.05) is 13.1 Å². The summed E-state index contributed by atoms with van der Waals surface area (Å²) in [7, 11) is 0. The van der Waals surface area contributed by atoms with Gasteiger partial charge in [-0.2, -0.15) is 4.98 Å². The first kappa shape index (κ1) is 6.12. The molecule has 0 radical (unpaired) electrons. The van der Waals surface area contributed by atoms with Crippen molar-refractivity contribution in [2.45, 2.75) is 19.2 Å². The molecule has 0 spiro atoms. The Morgan fingerprint density at radius 1 is 1.92 bits per heavy atom. The van der Waals surface area contributed by atoms with E-state index in [0.29, 0.717) is 19.0 Å². The lowest BCUT2D eigenvalue weighted by molar-refractivity contribution is 0.348. The molecule has 70 valence electrons. The second kappa shape index (κ2) is 3.55. The number of nitrogens with one attached hydrogen (secondary N) is 1. The number of nitrogens with zero attached hydrogens (tertiary/aromatic N) is 3. The summed E-state index contributed by atoms with van der Waals surface area (Å²) in [6, 6.07) is 0. The van der Waals surface area contributed by atoms with E-state index < -0.39 is 6.40 Å². The Kier molecular flexibility index (Phi) is 1.67. The van der Waals surface area contributed by atoms with Crippen molar-refractivity contribution < 1.29 is 7.26 Å². The second-order valence-electron chi connectivity index (χ2n) is 2.79. The average molecular weight is 182 g/mol. The first-order chi connectivity index (χ1) is 7.31. The highest BCUT2D eigenvalue weighted by Gasteiger charge is 2.19. The van der Waals surface area contributed by atoms with Gasteiger partial charge in [0.05, 0.1) is 18.8 Å². The molecule has 2 rings (SSSR count). The summed E-state index contributed by atoms with van der Waals surface area (Å²) >= 11 is 0. The minimum Gasteiger partial charge on any atom is -0.376 e. The van der Waals surface area contributed by atoms with Gasteiger partial charge in [-0.1, -0.05) is 12.1 Å². The van der Waals surface area contributed by atoms with Gasteiger partial charge in [0.1, 0.15) is 0 Å². The second-order valence-corrected chi connectivity index (χ2v) is 2.79. The normalized spacial score (nSPS) is 26.0. The van der Waals surface area contributed by atoms with Crippen molar-refractivity contribution in [1.29, 1.82) is 0 Å². The third-order valence-corrected chi connectivity index (χ3v) is 1.86. The quantitative estimate of drug-likeness (QED) is 0.716. The van der Waals surface area contributed by atoms with Crippen LogP contribution in [0.3, 0.4) is 0 Å². The minimum absolute atomic E-state index is 0.0555. The fourth-order valence-corrected chi connectivity index (χ4v) is 1.17. The third kappa shape index (κ3) is 1.68. The van der Waals surface area contributed by atoms with Crippen LogP contribution < -0.4 is 5.32 Å². The van der Waals surface area contributed by atoms with Crippen molar-refractivity contribution in [2.24, 2.45) is 4.99 Å². The Morgan fingerprint density at radius 2 is 2.92 bits per heavy atom. The predicted molar refractivity (Wildman–Crippen MR) is 47.8 cm³/mol. The van der Waals surface area contributed by atoms with Crippen LogP contribution in [0.5, 0.6) is 0 Å². The number of rotatable bonds is 2. The van der Waals surface area contributed by atoms with Gasteiger partial charge in [-0.05, 0) is 0 Å². The van der Waals surface area contributed by atoms with Crippen LogP contribution >= 0.6 is 0 Å². The van der Waals surface area contributed by atoms with Crippen LogP contribution in [0.4, 0.5) is 0 Å². The fourth-order valence-electron chi connectivity index (χ4n) is 1.17. The Balaban J connectivity index is 2.09. The van der Waals surface area contributed by atoms with Crippen molar-refractivity contribution in [3.63, 3.8) is 0 Å². The van der Waals surface area contributed by atoms with E-state index in [1.165, 1.54) is 0 Å². The number of aliphatic imine (C=N–C) groups is 1. The summed E-state index contributed by atoms with van der Waals surface area (Å²) in [5.74, 6) is 0.865. The molecule has 5 heteroatoms. The van der Waals surface area contributed by atoms with E-state index in [0.717, 1.165) is 0 Å². The summed E-state index contributed by atoms with van der Waals surface area (Å²) < 4.78 is 19.6. The molecule has 1 aliphatic heterocycles. The topological polar surface area (TPSA) is 63.3 Å². The maximum atomic E-state index is 7.47. The highest BCUT2D eigenvalue weighted by atomic mass is 16.5. The molecule has 1 aromatic rings. The van der Waals surface area contributed by atoms with Crippen molar-refractivity contribution >= 4 is 6.34 Å². The molecular formula is C8H12N4O. The molecule has 13 heavy (non-hydrogen) atoms. The molecule has 1 aliphatic rings. The van der Waals surface area contributed by atoms with Crippen molar-refractivity contribution in [1.82, 2.24) is 15.5 Å². The lowest BCUT2D eigenvalue weighted by Gasteiger charge is -2.13. The first-order valence-electron chi connectivity index (χ1n) is 5.36. The zero-order valence-corrected chi connectivity index (χ0v) is 7.10. The molecule has 0 amide bonds. The third-order valence-electron chi connectivity index (χ3n) is 1.86. The van der Waals surface area contributed by atoms with Crippen LogP contribution in [0.1, 0.15) is 27.3 Å². The lowest BCUT2D eigenvalue weighted by Crippen LogP contribution is -2.27. The largest absolute Gasteiger partial charge is 0.376 e. The summed E-state index contributed by atoms with van der Waals surface area (Å²) in [5, 5.41) is 6.67. The van der Waals surface area contributed by atoms with E-state index in [1.54, 1.807) is 6.34 Å². The Hall–Kier alpha value is -1.39. The summed E-state index contributed by atoms with van der Waals surface area (Å²) in [5.41, 5.74) is 0. The van der Waals surface area contributed by atoms with Gasteiger partial charge in [0.25, 0.3) is 0 Å². The molecule has 2 heterocycles. The van der Waals surface area contributed by atoms with Crippen LogP contribution in [0.2, 0.25) is 0 Å². The van der Waals surface area contributed by atoms with Gasteiger partial charge in [-0.15, -0.1) is 0 Å². The zero-order valence-electron chi connectivity index (χ0n) is 9.10. The van der Waals surface area contributed by atoms with Crippen LogP contribution in [-0.2, 0) is 6.40 Å². The smallest absolute Gasteiger partial charge is 0.233 e. The first-order valence-corrected chi connectivity index (χ1v) is 4.08. The van der Waals surface area contributed by atoms with Crippen LogP contribution in [0.15, 0.2) is 9.52 Å². The zero-order chi connectivity index (χ0) is 10.7. The molecule has 5 nitrogen and oxygen atoms in total. The van der Waals surface area contributed by atoms with E-state index in [4.69, 9.17) is 7.26 Å². The van der Waals surface area contributed by atoms with E-state index in [9.17, 15) is 0 Å². The number of hydrogen-bond donors (Lipinski definition) is 1. The summed E-state index contributed by atoms with van der Waals surface area (Å²) in [6.45, 7) is 1.28. The van der Waals surface area contributed by atoms with Gasteiger partial charge in [-0.25, -0.2) is 0 Å². The number of aryl methyl sites for hydroxylation is 1. The highest BCUT2D eigenvalue weighted by Crippen LogP contribution is 2.14. The van der Waals surface area contributed by atoms with E-state index in [-0.39, 0.29) is 18.6 Å². The van der Waals surface area contributed by atoms with Gasteiger partial charge in [0, 0.05) is 15.7 Å². The molecule has 0 saturated heterocycles. The molecule has 2 unspecified atom stereocenters. The highest BCUT2D eigenvalue weighted by molar-refractivity contribution is 5.55. The van der Waals surface area contributed by atoms with Crippen molar-refractivity contribution in [3.8, 4) is 0 Å². The maximum Gasteiger partial charge on any atom is 0.233 e. The monoisotopic (exact) mass is 182 g/mol. The van der Waals surface area contributed by atoms with Crippen LogP contribution in [0.25, 0.3) is 0 Å². The van der Waals surface area contributed by atoms with Crippen LogP contribution in [-0.4, -0.2) is 29.6 Å². The molecule has 1 N–H and O–H groups in total. The maximum absolute atomic E-state index is 7.47. The predicted octanol–water partition coefficient (Wildman–Crippen LogP) is 0.347. The number of aromatic nitrogens is 2. The molecule has 2 atom stereocenters. The van der Waals surface area contributed by atoms with E-state index in [1.807, 2.05) is 0 Å². The Labute approximate surface area is 79.1 Å². The molecular weight excluding hydrogens is 168 g/mol. The summed E-state index contributed by atoms with van der Waals surface area (Å²) in [6.07, 6.45) is 0.938. The molecule has 0 fully saturated rings. The van der Waals surface area contributed by atoms with Crippen LogP contribution in [0, 0.1) is 0 Å². The lowest BCUT2D eigenvalue weighted by atomic mass is 10.1. The van der Waals surface area contributed by atoms with Gasteiger partial charge in [0.15, 0.2) is 5.82 Å². The van der Waals surface area contributed by atoms with E-state index >= 15 is 0 Å². The number of hydrogen-bond acceptors (Lipinski definition) is 5. The van der Waals surface area contributed by atoms with Gasteiger partial charge in [0.2, 0.25) is 5.89 Å².